The highest BCUT2D eigenvalue weighted by Crippen LogP contribution is 2.50. The predicted molar refractivity (Wildman–Crippen MR) is 164 cm³/mol. The number of para-hydroxylation sites is 2. The fraction of sp³-hybridized carbons (Fsp3) is 0.344. The number of ketones is 1. The lowest BCUT2D eigenvalue weighted by Gasteiger charge is -2.35. The number of nitrogens with zero attached hydrogens (tertiary/aromatic N) is 1. The minimum Gasteiger partial charge on any atom is -0.336 e. The molecule has 194 valence electrons. The number of fused-ring (bicyclic) bond motifs is 2. The van der Waals surface area contributed by atoms with E-state index in [2.05, 4.69) is 89.1 Å². The van der Waals surface area contributed by atoms with Crippen LogP contribution in [0.4, 0.5) is 11.4 Å². The number of Topliss-reactive ketones (excluding diaryl/α,β-unsaturated/α-hetero) is 1. The van der Waals surface area contributed by atoms with Gasteiger partial charge in [-0.15, -0.1) is 23.5 Å². The number of carbonyl (C=O) groups excluding carboxylic acids is 1. The summed E-state index contributed by atoms with van der Waals surface area (Å²) in [5.41, 5.74) is 7.86. The number of nitrogens with one attached hydrogen (secondary N) is 1. The number of anilines is 2. The lowest BCUT2D eigenvalue weighted by atomic mass is 9.91. The first-order valence-electron chi connectivity index (χ1n) is 13.3. The molecule has 37 heavy (non-hydrogen) atoms. The maximum Gasteiger partial charge on any atom is 0.129 e. The van der Waals surface area contributed by atoms with Crippen molar-refractivity contribution in [1.82, 2.24) is 5.32 Å². The highest BCUT2D eigenvalue weighted by atomic mass is 32.2. The summed E-state index contributed by atoms with van der Waals surface area (Å²) >= 11 is 4.00. The van der Waals surface area contributed by atoms with Gasteiger partial charge in [0.2, 0.25) is 0 Å². The van der Waals surface area contributed by atoms with Gasteiger partial charge in [-0.1, -0.05) is 73.2 Å². The number of carbonyl (C=O) groups is 1. The monoisotopic (exact) mass is 530 g/mol. The van der Waals surface area contributed by atoms with Crippen LogP contribution in [0.15, 0.2) is 83.1 Å². The van der Waals surface area contributed by atoms with Crippen molar-refractivity contribution in [3.05, 3.63) is 99.8 Å². The first-order valence-corrected chi connectivity index (χ1v) is 15.3. The summed E-state index contributed by atoms with van der Waals surface area (Å²) in [6.07, 6.45) is 5.08. The molecule has 0 aromatic heterocycles. The molecule has 0 unspecified atom stereocenters. The molecule has 3 aromatic carbocycles. The average molecular weight is 531 g/mol. The van der Waals surface area contributed by atoms with Crippen LogP contribution in [-0.4, -0.2) is 30.9 Å². The molecule has 0 aliphatic carbocycles. The molecule has 0 radical (unpaired) electrons. The second-order valence-electron chi connectivity index (χ2n) is 9.44. The molecule has 1 aliphatic rings. The van der Waals surface area contributed by atoms with E-state index in [0.717, 1.165) is 50.3 Å². The zero-order valence-electron chi connectivity index (χ0n) is 22.0. The van der Waals surface area contributed by atoms with Crippen molar-refractivity contribution < 1.29 is 4.79 Å². The first kappa shape index (κ1) is 27.6. The Kier molecular flexibility index (Phi) is 10.8. The van der Waals surface area contributed by atoms with Gasteiger partial charge in [0.1, 0.15) is 5.78 Å². The van der Waals surface area contributed by atoms with E-state index in [1.165, 1.54) is 37.9 Å². The zero-order chi connectivity index (χ0) is 25.9. The molecule has 3 nitrogen and oxygen atoms in total. The normalized spacial score (nSPS) is 12.3. The van der Waals surface area contributed by atoms with Gasteiger partial charge in [-0.2, -0.15) is 0 Å². The molecule has 0 fully saturated rings. The van der Waals surface area contributed by atoms with Crippen LogP contribution in [0.1, 0.15) is 55.7 Å². The van der Waals surface area contributed by atoms with Crippen LogP contribution in [0, 0.1) is 0 Å². The largest absolute Gasteiger partial charge is 0.336 e. The lowest BCUT2D eigenvalue weighted by molar-refractivity contribution is -0.117. The molecule has 5 heteroatoms. The quantitative estimate of drug-likeness (QED) is 0.212. The van der Waals surface area contributed by atoms with E-state index in [-0.39, 0.29) is 0 Å². The average Bonchev–Trinajstić information content (AvgIpc) is 2.92. The Hall–Kier alpha value is -2.47. The SMILES string of the molecule is CNCCCSC(SCCCCCC(C)=O)=C1c2ccccc2N(Cc2ccccc2)c2ccccc21. The van der Waals surface area contributed by atoms with Crippen LogP contribution in [-0.2, 0) is 11.3 Å². The third-order valence-corrected chi connectivity index (χ3v) is 9.15. The number of rotatable bonds is 14. The van der Waals surface area contributed by atoms with Crippen molar-refractivity contribution in [2.45, 2.75) is 45.6 Å². The third kappa shape index (κ3) is 7.53. The van der Waals surface area contributed by atoms with E-state index in [9.17, 15) is 4.79 Å². The minimum atomic E-state index is 0.297. The number of thioether (sulfide) groups is 2. The molecule has 0 amide bonds. The highest BCUT2D eigenvalue weighted by Gasteiger charge is 2.28. The fourth-order valence-electron chi connectivity index (χ4n) is 4.69. The van der Waals surface area contributed by atoms with Crippen molar-refractivity contribution in [2.24, 2.45) is 0 Å². The molecule has 1 aliphatic heterocycles. The standard InChI is InChI=1S/C32H38N2OS2/c1-25(35)14-5-4-12-22-36-32(37-23-13-21-33-2)31-27-17-8-10-19-29(27)34(24-26-15-6-3-7-16-26)30-20-11-9-18-28(30)31/h3,6-11,15-20,33H,4-5,12-14,21-24H2,1-2H3. The maximum absolute atomic E-state index is 11.3. The van der Waals surface area contributed by atoms with Gasteiger partial charge in [-0.05, 0) is 69.0 Å². The Balaban J connectivity index is 1.68. The molecule has 4 rings (SSSR count). The summed E-state index contributed by atoms with van der Waals surface area (Å²) in [5.74, 6) is 2.47. The van der Waals surface area contributed by atoms with Gasteiger partial charge in [-0.3, -0.25) is 0 Å². The molecule has 0 saturated carbocycles. The molecule has 1 N–H and O–H groups in total. The number of hydrogen-bond donors (Lipinski definition) is 1. The van der Waals surface area contributed by atoms with Gasteiger partial charge in [-0.25, -0.2) is 0 Å². The summed E-state index contributed by atoms with van der Waals surface area (Å²) in [6, 6.07) is 28.5. The van der Waals surface area contributed by atoms with Crippen LogP contribution in [0.5, 0.6) is 0 Å². The second-order valence-corrected chi connectivity index (χ2v) is 11.9. The summed E-state index contributed by atoms with van der Waals surface area (Å²) in [5, 5.41) is 3.29. The Morgan fingerprint density at radius 3 is 1.97 bits per heavy atom. The van der Waals surface area contributed by atoms with Crippen LogP contribution in [0.2, 0.25) is 0 Å². The second kappa shape index (κ2) is 14.5. The van der Waals surface area contributed by atoms with Gasteiger partial charge < -0.3 is 15.0 Å². The van der Waals surface area contributed by atoms with E-state index in [1.807, 2.05) is 30.6 Å². The molecule has 0 spiro atoms. The lowest BCUT2D eigenvalue weighted by Crippen LogP contribution is -2.23. The summed E-state index contributed by atoms with van der Waals surface area (Å²) in [7, 11) is 2.02. The highest BCUT2D eigenvalue weighted by molar-refractivity contribution is 8.22. The Morgan fingerprint density at radius 2 is 1.35 bits per heavy atom. The third-order valence-electron chi connectivity index (χ3n) is 6.53. The molecule has 0 atom stereocenters. The van der Waals surface area contributed by atoms with Gasteiger partial charge in [0.25, 0.3) is 0 Å². The summed E-state index contributed by atoms with van der Waals surface area (Å²) < 4.78 is 1.42. The molecular formula is C32H38N2OS2. The van der Waals surface area contributed by atoms with Crippen molar-refractivity contribution in [1.29, 1.82) is 0 Å². The smallest absolute Gasteiger partial charge is 0.129 e. The molecule has 0 bridgehead atoms. The number of benzene rings is 3. The first-order chi connectivity index (χ1) is 18.2. The topological polar surface area (TPSA) is 32.3 Å². The van der Waals surface area contributed by atoms with Crippen LogP contribution >= 0.6 is 23.5 Å². The van der Waals surface area contributed by atoms with E-state index in [4.69, 9.17) is 0 Å². The number of hydrogen-bond acceptors (Lipinski definition) is 5. The van der Waals surface area contributed by atoms with Crippen LogP contribution in [0.25, 0.3) is 5.57 Å². The Labute approximate surface area is 231 Å². The van der Waals surface area contributed by atoms with E-state index >= 15 is 0 Å². The number of unbranched alkanes of at least 4 members (excludes halogenated alkanes) is 2. The maximum atomic E-state index is 11.3. The molecule has 0 saturated heterocycles. The van der Waals surface area contributed by atoms with Crippen LogP contribution < -0.4 is 10.2 Å². The van der Waals surface area contributed by atoms with Crippen molar-refractivity contribution in [2.75, 3.05) is 30.0 Å². The Morgan fingerprint density at radius 1 is 0.757 bits per heavy atom. The van der Waals surface area contributed by atoms with Gasteiger partial charge in [0, 0.05) is 45.3 Å². The zero-order valence-corrected chi connectivity index (χ0v) is 23.7. The summed E-state index contributed by atoms with van der Waals surface area (Å²) in [4.78, 5) is 13.8. The molecular weight excluding hydrogens is 492 g/mol. The molecule has 1 heterocycles. The van der Waals surface area contributed by atoms with Crippen molar-refractivity contribution >= 4 is 46.3 Å². The Bertz CT molecular complexity index is 1140. The van der Waals surface area contributed by atoms with E-state index < -0.39 is 0 Å². The fourth-order valence-corrected chi connectivity index (χ4v) is 7.26. The van der Waals surface area contributed by atoms with Gasteiger partial charge >= 0.3 is 0 Å². The minimum absolute atomic E-state index is 0.297. The van der Waals surface area contributed by atoms with E-state index in [1.54, 1.807) is 6.92 Å². The van der Waals surface area contributed by atoms with Gasteiger partial charge in [0.05, 0.1) is 0 Å². The van der Waals surface area contributed by atoms with Gasteiger partial charge in [0.15, 0.2) is 0 Å². The van der Waals surface area contributed by atoms with Crippen molar-refractivity contribution in [3.63, 3.8) is 0 Å². The molecule has 3 aromatic rings. The predicted octanol–water partition coefficient (Wildman–Crippen LogP) is 8.28. The van der Waals surface area contributed by atoms with Crippen molar-refractivity contribution in [3.8, 4) is 0 Å². The van der Waals surface area contributed by atoms with Crippen LogP contribution in [0.3, 0.4) is 0 Å². The summed E-state index contributed by atoms with van der Waals surface area (Å²) in [6.45, 7) is 3.57. The van der Waals surface area contributed by atoms with E-state index in [0.29, 0.717) is 12.2 Å².